The monoisotopic (exact) mass is 570 g/mol. The molecule has 3 heterocycles. The van der Waals surface area contributed by atoms with Crippen molar-refractivity contribution in [3.8, 4) is 10.4 Å². The van der Waals surface area contributed by atoms with Gasteiger partial charge in [0, 0.05) is 39.1 Å². The van der Waals surface area contributed by atoms with E-state index in [1.54, 1.807) is 11.3 Å². The molecule has 218 valence electrons. The number of amides is 3. The Kier molecular flexibility index (Phi) is 9.60. The molecule has 2 fully saturated rings. The number of rotatable bonds is 8. The van der Waals surface area contributed by atoms with E-state index in [9.17, 15) is 19.5 Å². The number of aryl methyl sites for hydroxylation is 1. The normalized spacial score (nSPS) is 21.6. The Balaban J connectivity index is 1.42. The van der Waals surface area contributed by atoms with Crippen molar-refractivity contribution >= 4 is 29.1 Å². The molecule has 4 atom stereocenters. The molecule has 10 nitrogen and oxygen atoms in total. The molecule has 40 heavy (non-hydrogen) atoms. The van der Waals surface area contributed by atoms with E-state index in [0.717, 1.165) is 47.9 Å². The second-order valence-electron chi connectivity index (χ2n) is 11.9. The van der Waals surface area contributed by atoms with Gasteiger partial charge in [-0.15, -0.1) is 11.3 Å². The maximum absolute atomic E-state index is 13.8. The standard InChI is InChI=1S/C29H42N6O4S/c1-18(20-6-8-21(9-7-20)25-19(2)31-17-40-25)32-27(38)23-14-22(36)15-35(23)28(39)26(29(3,4)5)33-24(37)16-34-12-10-30-11-13-34/h6-9,17-18,22-23,26,30,36H,10-16H2,1-5H3,(H,32,38)(H,33,37)/t18-,22+,23-,26+/m0/s1. The summed E-state index contributed by atoms with van der Waals surface area (Å²) in [4.78, 5) is 49.1. The van der Waals surface area contributed by atoms with Gasteiger partial charge in [0.1, 0.15) is 12.1 Å². The van der Waals surface area contributed by atoms with E-state index in [4.69, 9.17) is 0 Å². The second kappa shape index (κ2) is 12.8. The Morgan fingerprint density at radius 2 is 1.82 bits per heavy atom. The van der Waals surface area contributed by atoms with Gasteiger partial charge in [-0.1, -0.05) is 45.0 Å². The molecule has 4 N–H and O–H groups in total. The van der Waals surface area contributed by atoms with Crippen LogP contribution in [0.5, 0.6) is 0 Å². The van der Waals surface area contributed by atoms with E-state index in [2.05, 4.69) is 25.8 Å². The zero-order valence-electron chi connectivity index (χ0n) is 24.1. The molecule has 0 unspecified atom stereocenters. The van der Waals surface area contributed by atoms with E-state index in [0.29, 0.717) is 0 Å². The highest BCUT2D eigenvalue weighted by atomic mass is 32.1. The van der Waals surface area contributed by atoms with E-state index >= 15 is 0 Å². The predicted molar refractivity (Wildman–Crippen MR) is 156 cm³/mol. The zero-order valence-corrected chi connectivity index (χ0v) is 24.9. The number of thiazole rings is 1. The Bertz CT molecular complexity index is 1190. The number of aromatic nitrogens is 1. The molecule has 2 aromatic rings. The van der Waals surface area contributed by atoms with E-state index < -0.39 is 23.6 Å². The fourth-order valence-electron chi connectivity index (χ4n) is 5.29. The number of aliphatic hydroxyl groups excluding tert-OH is 1. The van der Waals surface area contributed by atoms with Gasteiger partial charge in [-0.25, -0.2) is 4.98 Å². The minimum absolute atomic E-state index is 0.0500. The van der Waals surface area contributed by atoms with Gasteiger partial charge < -0.3 is 26.0 Å². The van der Waals surface area contributed by atoms with Crippen LogP contribution in [0.2, 0.25) is 0 Å². The van der Waals surface area contributed by atoms with Gasteiger partial charge in [0.2, 0.25) is 17.7 Å². The molecular weight excluding hydrogens is 528 g/mol. The summed E-state index contributed by atoms with van der Waals surface area (Å²) in [5.41, 5.74) is 4.23. The number of carbonyl (C=O) groups excluding carboxylic acids is 3. The number of β-amino-alcohol motifs (C(OH)–C–C–N with tert-alkyl or cyclic N) is 1. The van der Waals surface area contributed by atoms with Crippen LogP contribution in [0, 0.1) is 12.3 Å². The van der Waals surface area contributed by atoms with Crippen LogP contribution < -0.4 is 16.0 Å². The predicted octanol–water partition coefficient (Wildman–Crippen LogP) is 1.69. The molecular formula is C29H42N6O4S. The number of benzene rings is 1. The van der Waals surface area contributed by atoms with Gasteiger partial charge >= 0.3 is 0 Å². The highest BCUT2D eigenvalue weighted by Crippen LogP contribution is 2.29. The molecule has 4 rings (SSSR count). The van der Waals surface area contributed by atoms with Crippen molar-refractivity contribution < 1.29 is 19.5 Å². The fourth-order valence-corrected chi connectivity index (χ4v) is 6.11. The molecule has 0 bridgehead atoms. The van der Waals surface area contributed by atoms with Gasteiger partial charge in [-0.2, -0.15) is 0 Å². The average molecular weight is 571 g/mol. The quantitative estimate of drug-likeness (QED) is 0.381. The van der Waals surface area contributed by atoms with Crippen molar-refractivity contribution in [1.29, 1.82) is 0 Å². The number of nitrogens with zero attached hydrogens (tertiary/aromatic N) is 3. The third-order valence-corrected chi connectivity index (χ3v) is 8.61. The van der Waals surface area contributed by atoms with Gasteiger partial charge in [0.25, 0.3) is 0 Å². The Morgan fingerprint density at radius 3 is 2.42 bits per heavy atom. The summed E-state index contributed by atoms with van der Waals surface area (Å²) in [7, 11) is 0. The number of aliphatic hydroxyl groups is 1. The lowest BCUT2D eigenvalue weighted by atomic mass is 9.85. The maximum Gasteiger partial charge on any atom is 0.246 e. The Labute approximate surface area is 240 Å². The molecule has 0 radical (unpaired) electrons. The zero-order chi connectivity index (χ0) is 29.0. The van der Waals surface area contributed by atoms with Crippen molar-refractivity contribution in [2.24, 2.45) is 5.41 Å². The van der Waals surface area contributed by atoms with E-state index in [1.165, 1.54) is 4.90 Å². The highest BCUT2D eigenvalue weighted by Gasteiger charge is 2.44. The number of hydrogen-bond acceptors (Lipinski definition) is 8. The van der Waals surface area contributed by atoms with E-state index in [-0.39, 0.29) is 43.3 Å². The summed E-state index contributed by atoms with van der Waals surface area (Å²) in [6.07, 6.45) is -0.659. The second-order valence-corrected chi connectivity index (χ2v) is 12.8. The summed E-state index contributed by atoms with van der Waals surface area (Å²) in [5.74, 6) is -0.893. The highest BCUT2D eigenvalue weighted by molar-refractivity contribution is 7.13. The van der Waals surface area contributed by atoms with Crippen LogP contribution in [-0.4, -0.2) is 95.1 Å². The summed E-state index contributed by atoms with van der Waals surface area (Å²) >= 11 is 1.59. The minimum atomic E-state index is -0.830. The topological polar surface area (TPSA) is 127 Å². The van der Waals surface area contributed by atoms with Crippen LogP contribution in [0.25, 0.3) is 10.4 Å². The first-order valence-electron chi connectivity index (χ1n) is 14.0. The number of piperazine rings is 1. The van der Waals surface area contributed by atoms with Crippen LogP contribution in [-0.2, 0) is 14.4 Å². The molecule has 0 spiro atoms. The smallest absolute Gasteiger partial charge is 0.246 e. The molecule has 11 heteroatoms. The van der Waals surface area contributed by atoms with Crippen LogP contribution >= 0.6 is 11.3 Å². The molecule has 0 saturated carbocycles. The number of likely N-dealkylation sites (tertiary alicyclic amines) is 1. The average Bonchev–Trinajstić information content (AvgIpc) is 3.52. The molecule has 1 aromatic heterocycles. The third kappa shape index (κ3) is 7.25. The number of hydrogen-bond donors (Lipinski definition) is 4. The SMILES string of the molecule is Cc1ncsc1-c1ccc([C@H](C)NC(=O)[C@@H]2C[C@@H](O)CN2C(=O)[C@@H](NC(=O)CN2CCNCC2)C(C)(C)C)cc1. The van der Waals surface area contributed by atoms with Crippen LogP contribution in [0.15, 0.2) is 29.8 Å². The fraction of sp³-hybridized carbons (Fsp3) is 0.586. The lowest BCUT2D eigenvalue weighted by Crippen LogP contribution is -2.59. The summed E-state index contributed by atoms with van der Waals surface area (Å²) in [6.45, 7) is 13.0. The lowest BCUT2D eigenvalue weighted by molar-refractivity contribution is -0.144. The van der Waals surface area contributed by atoms with E-state index in [1.807, 2.05) is 64.4 Å². The first kappa shape index (κ1) is 30.1. The van der Waals surface area contributed by atoms with Crippen molar-refractivity contribution in [1.82, 2.24) is 30.7 Å². The maximum atomic E-state index is 13.8. The number of carbonyl (C=O) groups is 3. The third-order valence-electron chi connectivity index (χ3n) is 7.64. The van der Waals surface area contributed by atoms with Gasteiger partial charge in [-0.3, -0.25) is 19.3 Å². The van der Waals surface area contributed by atoms with Gasteiger partial charge in [0.15, 0.2) is 0 Å². The minimum Gasteiger partial charge on any atom is -0.391 e. The van der Waals surface area contributed by atoms with Crippen molar-refractivity contribution in [2.45, 2.75) is 65.3 Å². The Morgan fingerprint density at radius 1 is 1.15 bits per heavy atom. The summed E-state index contributed by atoms with van der Waals surface area (Å²) in [5, 5.41) is 19.7. The molecule has 2 aliphatic rings. The van der Waals surface area contributed by atoms with Crippen molar-refractivity contribution in [3.63, 3.8) is 0 Å². The summed E-state index contributed by atoms with van der Waals surface area (Å²) < 4.78 is 0. The lowest BCUT2D eigenvalue weighted by Gasteiger charge is -2.36. The first-order chi connectivity index (χ1) is 18.9. The Hall–Kier alpha value is -2.86. The molecule has 2 saturated heterocycles. The summed E-state index contributed by atoms with van der Waals surface area (Å²) in [6, 6.07) is 6.05. The van der Waals surface area contributed by atoms with Crippen LogP contribution in [0.4, 0.5) is 0 Å². The molecule has 1 aromatic carbocycles. The molecule has 3 amide bonds. The number of nitrogens with one attached hydrogen (secondary N) is 3. The first-order valence-corrected chi connectivity index (χ1v) is 14.8. The van der Waals surface area contributed by atoms with Gasteiger partial charge in [-0.05, 0) is 30.4 Å². The van der Waals surface area contributed by atoms with Gasteiger partial charge in [0.05, 0.1) is 34.8 Å². The molecule has 0 aliphatic carbocycles. The van der Waals surface area contributed by atoms with Crippen LogP contribution in [0.3, 0.4) is 0 Å². The largest absolute Gasteiger partial charge is 0.391 e. The molecule has 2 aliphatic heterocycles. The van der Waals surface area contributed by atoms with Crippen LogP contribution in [0.1, 0.15) is 51.4 Å². The van der Waals surface area contributed by atoms with Crippen molar-refractivity contribution in [3.05, 3.63) is 41.0 Å². The van der Waals surface area contributed by atoms with Crippen molar-refractivity contribution in [2.75, 3.05) is 39.3 Å².